The van der Waals surface area contributed by atoms with Gasteiger partial charge in [0.05, 0.1) is 26.1 Å². The molecule has 0 aliphatic carbocycles. The van der Waals surface area contributed by atoms with Crippen molar-refractivity contribution >= 4 is 23.9 Å². The smallest absolute Gasteiger partial charge is 0.320 e. The maximum atomic E-state index is 12.8. The third-order valence-corrected chi connectivity index (χ3v) is 5.69. The fraction of sp³-hybridized carbons (Fsp3) is 0.667. The first-order valence-corrected chi connectivity index (χ1v) is 14.1. The van der Waals surface area contributed by atoms with Crippen LogP contribution in [0.2, 0.25) is 0 Å². The lowest BCUT2D eigenvalue weighted by molar-refractivity contribution is -0.157. The molecule has 0 atom stereocenters. The zero-order valence-corrected chi connectivity index (χ0v) is 25.8. The van der Waals surface area contributed by atoms with Crippen LogP contribution in [-0.4, -0.2) is 114 Å². The molecule has 0 saturated carbocycles. The van der Waals surface area contributed by atoms with E-state index in [1.807, 2.05) is 67.8 Å². The van der Waals surface area contributed by atoms with Gasteiger partial charge in [0, 0.05) is 32.7 Å². The molecule has 0 bridgehead atoms. The number of hydrogen-bond donors (Lipinski definition) is 1. The van der Waals surface area contributed by atoms with Crippen LogP contribution in [0.25, 0.3) is 0 Å². The van der Waals surface area contributed by atoms with Gasteiger partial charge in [-0.15, -0.1) is 0 Å². The predicted octanol–water partition coefficient (Wildman–Crippen LogP) is 2.81. The number of likely N-dealkylation sites (N-methyl/N-ethyl adjacent to an activating group) is 1. The zero-order chi connectivity index (χ0) is 31.1. The Labute approximate surface area is 244 Å². The van der Waals surface area contributed by atoms with Crippen LogP contribution in [0.5, 0.6) is 0 Å². The Bertz CT molecular complexity index is 957. The molecule has 0 aromatic heterocycles. The number of rotatable bonds is 18. The summed E-state index contributed by atoms with van der Waals surface area (Å²) in [5.41, 5.74) is -0.375. The SMILES string of the molecule is CCN(CCN(CCN(CCC(=O)O)CC(=O)OC(C)(C)C)CC(=O)OCc1ccccc1)CC(=O)OC(C)(C)C. The molecule has 0 aliphatic rings. The highest BCUT2D eigenvalue weighted by molar-refractivity contribution is 5.73. The van der Waals surface area contributed by atoms with E-state index >= 15 is 0 Å². The molecule has 1 rings (SSSR count). The van der Waals surface area contributed by atoms with Crippen molar-refractivity contribution in [2.45, 2.75) is 72.7 Å². The maximum Gasteiger partial charge on any atom is 0.320 e. The van der Waals surface area contributed by atoms with E-state index in [1.54, 1.807) is 25.7 Å². The molecular formula is C30H49N3O8. The lowest BCUT2D eigenvalue weighted by Crippen LogP contribution is -2.45. The highest BCUT2D eigenvalue weighted by atomic mass is 16.6. The Morgan fingerprint density at radius 3 is 1.59 bits per heavy atom. The number of aliphatic carboxylic acids is 1. The quantitative estimate of drug-likeness (QED) is 0.204. The highest BCUT2D eigenvalue weighted by Gasteiger charge is 2.22. The van der Waals surface area contributed by atoms with Crippen LogP contribution in [0, 0.1) is 0 Å². The van der Waals surface area contributed by atoms with E-state index in [2.05, 4.69) is 0 Å². The molecule has 11 heteroatoms. The number of carbonyl (C=O) groups is 4. The van der Waals surface area contributed by atoms with Crippen molar-refractivity contribution in [3.05, 3.63) is 35.9 Å². The van der Waals surface area contributed by atoms with Gasteiger partial charge in [-0.1, -0.05) is 37.3 Å². The maximum absolute atomic E-state index is 12.8. The summed E-state index contributed by atoms with van der Waals surface area (Å²) in [6.45, 7) is 15.3. The number of nitrogens with zero attached hydrogens (tertiary/aromatic N) is 3. The van der Waals surface area contributed by atoms with Gasteiger partial charge in [-0.25, -0.2) is 0 Å². The van der Waals surface area contributed by atoms with Gasteiger partial charge in [0.2, 0.25) is 0 Å². The molecule has 0 unspecified atom stereocenters. The molecule has 0 radical (unpaired) electrons. The summed E-state index contributed by atoms with van der Waals surface area (Å²) in [7, 11) is 0. The summed E-state index contributed by atoms with van der Waals surface area (Å²) < 4.78 is 16.3. The normalized spacial score (nSPS) is 12.0. The molecule has 11 nitrogen and oxygen atoms in total. The molecule has 0 heterocycles. The summed E-state index contributed by atoms with van der Waals surface area (Å²) in [6.07, 6.45) is -0.137. The molecule has 0 aliphatic heterocycles. The van der Waals surface area contributed by atoms with Crippen molar-refractivity contribution < 1.29 is 38.5 Å². The van der Waals surface area contributed by atoms with E-state index in [0.29, 0.717) is 32.7 Å². The molecule has 0 fully saturated rings. The van der Waals surface area contributed by atoms with Crippen LogP contribution in [0.15, 0.2) is 30.3 Å². The molecule has 1 aromatic rings. The van der Waals surface area contributed by atoms with Crippen LogP contribution in [0.4, 0.5) is 0 Å². The molecule has 232 valence electrons. The summed E-state index contributed by atoms with van der Waals surface area (Å²) >= 11 is 0. The van der Waals surface area contributed by atoms with Gasteiger partial charge < -0.3 is 19.3 Å². The average molecular weight is 580 g/mol. The Morgan fingerprint density at radius 2 is 1.12 bits per heavy atom. The third-order valence-electron chi connectivity index (χ3n) is 5.69. The molecule has 41 heavy (non-hydrogen) atoms. The van der Waals surface area contributed by atoms with Crippen molar-refractivity contribution in [2.75, 3.05) is 58.9 Å². The molecular weight excluding hydrogens is 530 g/mol. The number of ether oxygens (including phenoxy) is 3. The molecule has 1 N–H and O–H groups in total. The van der Waals surface area contributed by atoms with Crippen molar-refractivity contribution in [3.63, 3.8) is 0 Å². The van der Waals surface area contributed by atoms with Crippen molar-refractivity contribution in [2.24, 2.45) is 0 Å². The van der Waals surface area contributed by atoms with E-state index in [9.17, 15) is 24.3 Å². The molecule has 0 spiro atoms. The fourth-order valence-electron chi connectivity index (χ4n) is 3.79. The van der Waals surface area contributed by atoms with Gasteiger partial charge in [0.25, 0.3) is 0 Å². The second kappa shape index (κ2) is 17.7. The second-order valence-electron chi connectivity index (χ2n) is 11.9. The summed E-state index contributed by atoms with van der Waals surface area (Å²) in [4.78, 5) is 54.3. The predicted molar refractivity (Wildman–Crippen MR) is 155 cm³/mol. The van der Waals surface area contributed by atoms with Gasteiger partial charge in [0.15, 0.2) is 0 Å². The Balaban J connectivity index is 2.89. The number of benzene rings is 1. The van der Waals surface area contributed by atoms with Gasteiger partial charge in [-0.05, 0) is 53.7 Å². The monoisotopic (exact) mass is 579 g/mol. The van der Waals surface area contributed by atoms with E-state index in [1.165, 1.54) is 0 Å². The Morgan fingerprint density at radius 1 is 0.683 bits per heavy atom. The minimum Gasteiger partial charge on any atom is -0.481 e. The van der Waals surface area contributed by atoms with Crippen LogP contribution >= 0.6 is 0 Å². The van der Waals surface area contributed by atoms with Crippen molar-refractivity contribution in [1.29, 1.82) is 0 Å². The van der Waals surface area contributed by atoms with Crippen LogP contribution in [-0.2, 0) is 40.0 Å². The molecule has 0 saturated heterocycles. The van der Waals surface area contributed by atoms with Gasteiger partial charge in [-0.2, -0.15) is 0 Å². The standard InChI is InChI=1S/C30H49N3O8/c1-8-31(21-27(37)40-29(2,3)4)16-17-33(20-26(36)39-23-24-12-10-9-11-13-24)19-18-32(15-14-25(34)35)22-28(38)41-30(5,6)7/h9-13H,8,14-23H2,1-7H3,(H,34,35). The van der Waals surface area contributed by atoms with Crippen molar-refractivity contribution in [1.82, 2.24) is 14.7 Å². The summed E-state index contributed by atoms with van der Waals surface area (Å²) in [5, 5.41) is 9.19. The number of hydrogen-bond acceptors (Lipinski definition) is 10. The van der Waals surface area contributed by atoms with E-state index < -0.39 is 29.1 Å². The Kier molecular flexibility index (Phi) is 15.6. The lowest BCUT2D eigenvalue weighted by Gasteiger charge is -2.29. The third kappa shape index (κ3) is 18.9. The lowest BCUT2D eigenvalue weighted by atomic mass is 10.2. The second-order valence-corrected chi connectivity index (χ2v) is 11.9. The average Bonchev–Trinajstić information content (AvgIpc) is 2.84. The molecule has 1 aromatic carbocycles. The minimum absolute atomic E-state index is 0.00394. The van der Waals surface area contributed by atoms with E-state index in [4.69, 9.17) is 14.2 Å². The van der Waals surface area contributed by atoms with Crippen LogP contribution in [0.1, 0.15) is 60.5 Å². The van der Waals surface area contributed by atoms with Gasteiger partial charge >= 0.3 is 23.9 Å². The largest absolute Gasteiger partial charge is 0.481 e. The minimum atomic E-state index is -0.971. The first-order valence-electron chi connectivity index (χ1n) is 14.1. The molecule has 0 amide bonds. The number of carboxylic acids is 1. The number of esters is 3. The van der Waals surface area contributed by atoms with Crippen LogP contribution < -0.4 is 0 Å². The van der Waals surface area contributed by atoms with Gasteiger partial charge in [0.1, 0.15) is 17.8 Å². The van der Waals surface area contributed by atoms with E-state index in [-0.39, 0.29) is 45.2 Å². The summed E-state index contributed by atoms with van der Waals surface area (Å²) in [6, 6.07) is 9.37. The van der Waals surface area contributed by atoms with Crippen LogP contribution in [0.3, 0.4) is 0 Å². The van der Waals surface area contributed by atoms with Crippen molar-refractivity contribution in [3.8, 4) is 0 Å². The number of carboxylic acid groups (broad SMARTS) is 1. The number of carbonyl (C=O) groups excluding carboxylic acids is 3. The van der Waals surface area contributed by atoms with Gasteiger partial charge in [-0.3, -0.25) is 33.9 Å². The first-order chi connectivity index (χ1) is 19.1. The first kappa shape index (κ1) is 36.0. The zero-order valence-electron chi connectivity index (χ0n) is 25.8. The summed E-state index contributed by atoms with van der Waals surface area (Å²) in [5.74, 6) is -2.16. The topological polar surface area (TPSA) is 126 Å². The fourth-order valence-corrected chi connectivity index (χ4v) is 3.79. The Hall–Kier alpha value is -3.02. The highest BCUT2D eigenvalue weighted by Crippen LogP contribution is 2.09. The van der Waals surface area contributed by atoms with E-state index in [0.717, 1.165) is 5.56 Å².